The van der Waals surface area contributed by atoms with Crippen LogP contribution in [0.2, 0.25) is 5.02 Å². The first-order valence-corrected chi connectivity index (χ1v) is 12.5. The molecule has 1 aliphatic carbocycles. The Morgan fingerprint density at radius 1 is 1.17 bits per heavy atom. The second-order valence-corrected chi connectivity index (χ2v) is 10.5. The van der Waals surface area contributed by atoms with Crippen molar-refractivity contribution in [3.8, 4) is 5.75 Å². The summed E-state index contributed by atoms with van der Waals surface area (Å²) in [6.07, 6.45) is 3.87. The van der Waals surface area contributed by atoms with E-state index < -0.39 is 9.84 Å². The lowest BCUT2D eigenvalue weighted by atomic mass is 9.76. The van der Waals surface area contributed by atoms with E-state index in [4.69, 9.17) is 22.1 Å². The van der Waals surface area contributed by atoms with Gasteiger partial charge in [0.25, 0.3) is 0 Å². The van der Waals surface area contributed by atoms with Gasteiger partial charge in [-0.3, -0.25) is 0 Å². The van der Waals surface area contributed by atoms with Crippen LogP contribution >= 0.6 is 24.0 Å². The largest absolute Gasteiger partial charge is 0.494 e. The van der Waals surface area contributed by atoms with Gasteiger partial charge in [0.2, 0.25) is 0 Å². The summed E-state index contributed by atoms with van der Waals surface area (Å²) in [6.45, 7) is 2.27. The first kappa shape index (κ1) is 25.0. The van der Waals surface area contributed by atoms with Crippen molar-refractivity contribution in [2.45, 2.75) is 51.0 Å². The van der Waals surface area contributed by atoms with E-state index in [0.717, 1.165) is 35.6 Å². The lowest BCUT2D eigenvalue weighted by molar-refractivity contribution is 0.316. The molecule has 2 aromatic carbocycles. The van der Waals surface area contributed by atoms with E-state index in [1.165, 1.54) is 11.1 Å². The molecule has 0 spiro atoms. The predicted molar refractivity (Wildman–Crippen MR) is 127 cm³/mol. The number of sulfone groups is 1. The zero-order chi connectivity index (χ0) is 20.9. The summed E-state index contributed by atoms with van der Waals surface area (Å²) in [5.74, 6) is 1.38. The Kier molecular flexibility index (Phi) is 9.48. The van der Waals surface area contributed by atoms with Gasteiger partial charge in [-0.05, 0) is 67.0 Å². The van der Waals surface area contributed by atoms with Gasteiger partial charge < -0.3 is 10.5 Å². The lowest BCUT2D eigenvalue weighted by Gasteiger charge is -2.32. The molecule has 0 saturated carbocycles. The van der Waals surface area contributed by atoms with Crippen LogP contribution in [0.1, 0.15) is 48.8 Å². The van der Waals surface area contributed by atoms with Gasteiger partial charge in [0, 0.05) is 22.7 Å². The molecule has 0 radical (unpaired) electrons. The number of halogens is 2. The zero-order valence-corrected chi connectivity index (χ0v) is 19.7. The van der Waals surface area contributed by atoms with Crippen molar-refractivity contribution in [2.75, 3.05) is 18.1 Å². The second kappa shape index (κ2) is 11.4. The molecular weight excluding hydrogens is 441 g/mol. The van der Waals surface area contributed by atoms with Gasteiger partial charge in [0.15, 0.2) is 0 Å². The average Bonchev–Trinajstić information content (AvgIpc) is 2.69. The summed E-state index contributed by atoms with van der Waals surface area (Å²) in [5.41, 5.74) is 10.1. The normalized spacial score (nSPS) is 18.4. The van der Waals surface area contributed by atoms with Crippen molar-refractivity contribution in [1.82, 2.24) is 0 Å². The molecule has 0 amide bonds. The fourth-order valence-electron chi connectivity index (χ4n) is 4.03. The fraction of sp³-hybridized carbons (Fsp3) is 0.478. The van der Waals surface area contributed by atoms with E-state index in [2.05, 4.69) is 18.2 Å². The quantitative estimate of drug-likeness (QED) is 0.524. The molecule has 2 aromatic rings. The SMILES string of the molecule is CCCS(=O)(=O)CCCOc1ccc2c(c1)C(Cc1ccccc1Cl)C(N)CC2.Cl. The summed E-state index contributed by atoms with van der Waals surface area (Å²) < 4.78 is 29.5. The molecule has 2 atom stereocenters. The Balaban J connectivity index is 0.00000320. The van der Waals surface area contributed by atoms with Crippen LogP contribution in [0.25, 0.3) is 0 Å². The van der Waals surface area contributed by atoms with E-state index in [9.17, 15) is 8.42 Å². The molecule has 3 rings (SSSR count). The predicted octanol–water partition coefficient (Wildman–Crippen LogP) is 4.96. The number of benzene rings is 2. The fourth-order valence-corrected chi connectivity index (χ4v) is 5.63. The van der Waals surface area contributed by atoms with Crippen LogP contribution in [0.5, 0.6) is 5.75 Å². The highest BCUT2D eigenvalue weighted by Gasteiger charge is 2.28. The number of nitrogens with two attached hydrogens (primary N) is 1. The first-order valence-electron chi connectivity index (χ1n) is 10.3. The van der Waals surface area contributed by atoms with E-state index in [1.54, 1.807) is 0 Å². The third-order valence-corrected chi connectivity index (χ3v) is 7.87. The van der Waals surface area contributed by atoms with Crippen LogP contribution < -0.4 is 10.5 Å². The van der Waals surface area contributed by atoms with Gasteiger partial charge in [-0.25, -0.2) is 8.42 Å². The molecule has 166 valence electrons. The number of aryl methyl sites for hydroxylation is 1. The van der Waals surface area contributed by atoms with Crippen LogP contribution in [0.4, 0.5) is 0 Å². The standard InChI is InChI=1S/C23H30ClNO3S.ClH/c1-2-13-29(26,27)14-5-12-28-19-10-8-17-9-11-23(25)21(20(17)16-19)15-18-6-3-4-7-22(18)24;/h3-4,6-8,10,16,21,23H,2,5,9,11-15,25H2,1H3;1H. The molecule has 0 bridgehead atoms. The van der Waals surface area contributed by atoms with Crippen molar-refractivity contribution in [1.29, 1.82) is 0 Å². The molecule has 0 saturated heterocycles. The number of ether oxygens (including phenoxy) is 1. The summed E-state index contributed by atoms with van der Waals surface area (Å²) in [4.78, 5) is 0. The Labute approximate surface area is 191 Å². The molecule has 4 nitrogen and oxygen atoms in total. The van der Waals surface area contributed by atoms with Crippen molar-refractivity contribution < 1.29 is 13.2 Å². The summed E-state index contributed by atoms with van der Waals surface area (Å²) in [6, 6.07) is 14.2. The number of hydrogen-bond donors (Lipinski definition) is 1. The number of rotatable bonds is 9. The molecular formula is C23H31Cl2NO3S. The Morgan fingerprint density at radius 2 is 1.93 bits per heavy atom. The van der Waals surface area contributed by atoms with E-state index in [-0.39, 0.29) is 35.9 Å². The summed E-state index contributed by atoms with van der Waals surface area (Å²) in [5, 5.41) is 0.771. The topological polar surface area (TPSA) is 69.4 Å². The van der Waals surface area contributed by atoms with E-state index >= 15 is 0 Å². The average molecular weight is 472 g/mol. The Hall–Kier alpha value is -1.27. The third-order valence-electron chi connectivity index (χ3n) is 5.56. The van der Waals surface area contributed by atoms with Crippen LogP contribution in [0.3, 0.4) is 0 Å². The second-order valence-electron chi connectivity index (χ2n) is 7.82. The van der Waals surface area contributed by atoms with Crippen molar-refractivity contribution >= 4 is 33.8 Å². The summed E-state index contributed by atoms with van der Waals surface area (Å²) >= 11 is 6.38. The zero-order valence-electron chi connectivity index (χ0n) is 17.3. The highest BCUT2D eigenvalue weighted by atomic mass is 35.5. The monoisotopic (exact) mass is 471 g/mol. The Bertz CT molecular complexity index is 934. The molecule has 1 aliphatic rings. The molecule has 0 aromatic heterocycles. The van der Waals surface area contributed by atoms with Gasteiger partial charge in [0.05, 0.1) is 12.4 Å². The highest BCUT2D eigenvalue weighted by molar-refractivity contribution is 7.91. The van der Waals surface area contributed by atoms with Crippen LogP contribution in [-0.2, 0) is 22.7 Å². The first-order chi connectivity index (χ1) is 13.9. The molecule has 0 heterocycles. The maximum Gasteiger partial charge on any atom is 0.150 e. The van der Waals surface area contributed by atoms with Gasteiger partial charge in [-0.2, -0.15) is 0 Å². The Morgan fingerprint density at radius 3 is 2.67 bits per heavy atom. The summed E-state index contributed by atoms with van der Waals surface area (Å²) in [7, 11) is -2.96. The van der Waals surface area contributed by atoms with Gasteiger partial charge in [-0.15, -0.1) is 12.4 Å². The molecule has 2 N–H and O–H groups in total. The van der Waals surface area contributed by atoms with Gasteiger partial charge in [-0.1, -0.05) is 42.8 Å². The van der Waals surface area contributed by atoms with Crippen molar-refractivity contribution in [2.24, 2.45) is 5.73 Å². The molecule has 0 aliphatic heterocycles. The smallest absolute Gasteiger partial charge is 0.150 e. The van der Waals surface area contributed by atoms with Crippen molar-refractivity contribution in [3.63, 3.8) is 0 Å². The maximum atomic E-state index is 11.8. The van der Waals surface area contributed by atoms with Gasteiger partial charge >= 0.3 is 0 Å². The van der Waals surface area contributed by atoms with E-state index in [0.29, 0.717) is 19.4 Å². The molecule has 0 fully saturated rings. The molecule has 7 heteroatoms. The molecule has 2 unspecified atom stereocenters. The highest BCUT2D eigenvalue weighted by Crippen LogP contribution is 2.36. The van der Waals surface area contributed by atoms with E-state index in [1.807, 2.05) is 31.2 Å². The third kappa shape index (κ3) is 6.61. The minimum absolute atomic E-state index is 0. The van der Waals surface area contributed by atoms with Crippen LogP contribution in [-0.4, -0.2) is 32.6 Å². The lowest BCUT2D eigenvalue weighted by Crippen LogP contribution is -2.34. The number of hydrogen-bond acceptors (Lipinski definition) is 4. The number of fused-ring (bicyclic) bond motifs is 1. The van der Waals surface area contributed by atoms with Gasteiger partial charge in [0.1, 0.15) is 15.6 Å². The van der Waals surface area contributed by atoms with Crippen molar-refractivity contribution in [3.05, 3.63) is 64.2 Å². The molecule has 30 heavy (non-hydrogen) atoms. The minimum atomic E-state index is -2.96. The minimum Gasteiger partial charge on any atom is -0.494 e. The van der Waals surface area contributed by atoms with Crippen LogP contribution in [0, 0.1) is 0 Å². The maximum absolute atomic E-state index is 11.8. The van der Waals surface area contributed by atoms with Crippen LogP contribution in [0.15, 0.2) is 42.5 Å².